The van der Waals surface area contributed by atoms with E-state index in [2.05, 4.69) is 6.92 Å². The maximum Gasteiger partial charge on any atom is 0.343 e. The number of rotatable bonds is 4. The molecular formula is C20H18O2. The minimum absolute atomic E-state index is 0.321. The number of esters is 1. The molecule has 2 nitrogen and oxygen atoms in total. The topological polar surface area (TPSA) is 26.3 Å². The summed E-state index contributed by atoms with van der Waals surface area (Å²) in [5, 5.41) is 2.19. The summed E-state index contributed by atoms with van der Waals surface area (Å²) in [6.45, 7) is 2.14. The Labute approximate surface area is 130 Å². The lowest BCUT2D eigenvalue weighted by atomic mass is 10.1. The van der Waals surface area contributed by atoms with E-state index in [0.29, 0.717) is 11.3 Å². The maximum atomic E-state index is 12.2. The van der Waals surface area contributed by atoms with E-state index in [1.807, 2.05) is 66.7 Å². The first-order valence-electron chi connectivity index (χ1n) is 7.56. The average molecular weight is 290 g/mol. The SMILES string of the molecule is CCCc1ccc(C(=O)Oc2ccc3ccccc3c2)cc1. The lowest BCUT2D eigenvalue weighted by Crippen LogP contribution is -2.08. The standard InChI is InChI=1S/C20H18O2/c1-2-5-15-8-10-17(11-9-15)20(21)22-19-13-12-16-6-3-4-7-18(16)14-19/h3-4,6-14H,2,5H2,1H3. The van der Waals surface area contributed by atoms with Crippen molar-refractivity contribution in [1.29, 1.82) is 0 Å². The molecule has 0 aliphatic carbocycles. The summed E-state index contributed by atoms with van der Waals surface area (Å²) in [6, 6.07) is 21.3. The normalized spacial score (nSPS) is 10.6. The zero-order chi connectivity index (χ0) is 15.4. The average Bonchev–Trinajstić information content (AvgIpc) is 2.56. The number of aryl methyl sites for hydroxylation is 1. The first-order chi connectivity index (χ1) is 10.8. The molecule has 0 aliphatic rings. The molecule has 0 N–H and O–H groups in total. The molecule has 2 heteroatoms. The van der Waals surface area contributed by atoms with Crippen molar-refractivity contribution in [2.24, 2.45) is 0 Å². The van der Waals surface area contributed by atoms with Gasteiger partial charge in [-0.15, -0.1) is 0 Å². The van der Waals surface area contributed by atoms with Crippen LogP contribution in [-0.4, -0.2) is 5.97 Å². The summed E-state index contributed by atoms with van der Waals surface area (Å²) in [7, 11) is 0. The van der Waals surface area contributed by atoms with Crippen molar-refractivity contribution < 1.29 is 9.53 Å². The van der Waals surface area contributed by atoms with E-state index >= 15 is 0 Å². The summed E-state index contributed by atoms with van der Waals surface area (Å²) < 4.78 is 5.47. The molecule has 0 saturated carbocycles. The fourth-order valence-corrected chi connectivity index (χ4v) is 2.49. The van der Waals surface area contributed by atoms with Crippen LogP contribution in [0.5, 0.6) is 5.75 Å². The smallest absolute Gasteiger partial charge is 0.343 e. The van der Waals surface area contributed by atoms with Gasteiger partial charge in [-0.2, -0.15) is 0 Å². The fourth-order valence-electron chi connectivity index (χ4n) is 2.49. The van der Waals surface area contributed by atoms with Gasteiger partial charge in [0.15, 0.2) is 0 Å². The Morgan fingerprint density at radius 3 is 2.36 bits per heavy atom. The molecule has 0 fully saturated rings. The summed E-state index contributed by atoms with van der Waals surface area (Å²) >= 11 is 0. The van der Waals surface area contributed by atoms with Gasteiger partial charge in [-0.05, 0) is 47.0 Å². The molecule has 22 heavy (non-hydrogen) atoms. The van der Waals surface area contributed by atoms with Gasteiger partial charge in [0.05, 0.1) is 5.56 Å². The molecule has 0 radical (unpaired) electrons. The van der Waals surface area contributed by atoms with Crippen LogP contribution in [0.1, 0.15) is 29.3 Å². The number of ether oxygens (including phenoxy) is 1. The highest BCUT2D eigenvalue weighted by molar-refractivity contribution is 5.92. The first kappa shape index (κ1) is 14.3. The zero-order valence-electron chi connectivity index (χ0n) is 12.6. The second kappa shape index (κ2) is 6.44. The van der Waals surface area contributed by atoms with Gasteiger partial charge in [0, 0.05) is 0 Å². The molecule has 0 amide bonds. The van der Waals surface area contributed by atoms with Gasteiger partial charge in [0.2, 0.25) is 0 Å². The van der Waals surface area contributed by atoms with E-state index in [9.17, 15) is 4.79 Å². The Balaban J connectivity index is 1.77. The van der Waals surface area contributed by atoms with Crippen molar-refractivity contribution in [2.75, 3.05) is 0 Å². The van der Waals surface area contributed by atoms with Crippen molar-refractivity contribution >= 4 is 16.7 Å². The van der Waals surface area contributed by atoms with E-state index in [0.717, 1.165) is 23.6 Å². The highest BCUT2D eigenvalue weighted by atomic mass is 16.5. The molecule has 0 unspecified atom stereocenters. The number of carbonyl (C=O) groups is 1. The Morgan fingerprint density at radius 2 is 1.64 bits per heavy atom. The maximum absolute atomic E-state index is 12.2. The molecule has 0 spiro atoms. The minimum atomic E-state index is -0.321. The van der Waals surface area contributed by atoms with Gasteiger partial charge in [-0.25, -0.2) is 4.79 Å². The second-order valence-electron chi connectivity index (χ2n) is 5.35. The number of fused-ring (bicyclic) bond motifs is 1. The van der Waals surface area contributed by atoms with Gasteiger partial charge in [0.25, 0.3) is 0 Å². The molecule has 110 valence electrons. The summed E-state index contributed by atoms with van der Waals surface area (Å²) in [6.07, 6.45) is 2.13. The van der Waals surface area contributed by atoms with E-state index in [1.54, 1.807) is 0 Å². The molecule has 0 bridgehead atoms. The van der Waals surface area contributed by atoms with Crippen molar-refractivity contribution in [2.45, 2.75) is 19.8 Å². The molecule has 3 aromatic rings. The molecule has 0 atom stereocenters. The molecule has 3 aromatic carbocycles. The number of benzene rings is 3. The van der Waals surface area contributed by atoms with Crippen LogP contribution in [0.15, 0.2) is 66.7 Å². The first-order valence-corrected chi connectivity index (χ1v) is 7.56. The van der Waals surface area contributed by atoms with Gasteiger partial charge >= 0.3 is 5.97 Å². The highest BCUT2D eigenvalue weighted by Gasteiger charge is 2.08. The molecule has 0 heterocycles. The fraction of sp³-hybridized carbons (Fsp3) is 0.150. The van der Waals surface area contributed by atoms with Gasteiger partial charge in [0.1, 0.15) is 5.75 Å². The van der Waals surface area contributed by atoms with E-state index in [4.69, 9.17) is 4.74 Å². The summed E-state index contributed by atoms with van der Waals surface area (Å²) in [5.74, 6) is 0.250. The summed E-state index contributed by atoms with van der Waals surface area (Å²) in [5.41, 5.74) is 1.82. The van der Waals surface area contributed by atoms with Crippen LogP contribution < -0.4 is 4.74 Å². The van der Waals surface area contributed by atoms with Crippen LogP contribution in [0.2, 0.25) is 0 Å². The lowest BCUT2D eigenvalue weighted by molar-refractivity contribution is 0.0735. The largest absolute Gasteiger partial charge is 0.423 e. The highest BCUT2D eigenvalue weighted by Crippen LogP contribution is 2.21. The lowest BCUT2D eigenvalue weighted by Gasteiger charge is -2.06. The molecule has 3 rings (SSSR count). The van der Waals surface area contributed by atoms with E-state index in [1.165, 1.54) is 5.56 Å². The third kappa shape index (κ3) is 3.17. The third-order valence-corrected chi connectivity index (χ3v) is 3.66. The predicted molar refractivity (Wildman–Crippen MR) is 89.3 cm³/mol. The number of hydrogen-bond acceptors (Lipinski definition) is 2. The van der Waals surface area contributed by atoms with Crippen LogP contribution in [0, 0.1) is 0 Å². The molecular weight excluding hydrogens is 272 g/mol. The quantitative estimate of drug-likeness (QED) is 0.498. The number of carbonyl (C=O) groups excluding carboxylic acids is 1. The van der Waals surface area contributed by atoms with Gasteiger partial charge in [-0.1, -0.05) is 55.8 Å². The van der Waals surface area contributed by atoms with Crippen molar-refractivity contribution in [3.05, 3.63) is 77.9 Å². The predicted octanol–water partition coefficient (Wildman–Crippen LogP) is 5.01. The van der Waals surface area contributed by atoms with Crippen LogP contribution in [0.3, 0.4) is 0 Å². The Kier molecular flexibility index (Phi) is 4.19. The van der Waals surface area contributed by atoms with E-state index < -0.39 is 0 Å². The summed E-state index contributed by atoms with van der Waals surface area (Å²) in [4.78, 5) is 12.2. The molecule has 0 aliphatic heterocycles. The van der Waals surface area contributed by atoms with Gasteiger partial charge in [-0.3, -0.25) is 0 Å². The Hall–Kier alpha value is -2.61. The second-order valence-corrected chi connectivity index (χ2v) is 5.35. The van der Waals surface area contributed by atoms with Crippen molar-refractivity contribution in [3.8, 4) is 5.75 Å². The van der Waals surface area contributed by atoms with Gasteiger partial charge < -0.3 is 4.74 Å². The minimum Gasteiger partial charge on any atom is -0.423 e. The monoisotopic (exact) mass is 290 g/mol. The Bertz CT molecular complexity index is 788. The van der Waals surface area contributed by atoms with Crippen molar-refractivity contribution in [3.63, 3.8) is 0 Å². The van der Waals surface area contributed by atoms with Crippen LogP contribution in [0.25, 0.3) is 10.8 Å². The van der Waals surface area contributed by atoms with Crippen molar-refractivity contribution in [1.82, 2.24) is 0 Å². The zero-order valence-corrected chi connectivity index (χ0v) is 12.6. The van der Waals surface area contributed by atoms with Crippen LogP contribution in [0.4, 0.5) is 0 Å². The Morgan fingerprint density at radius 1 is 0.909 bits per heavy atom. The van der Waals surface area contributed by atoms with Crippen LogP contribution in [-0.2, 0) is 6.42 Å². The number of hydrogen-bond donors (Lipinski definition) is 0. The third-order valence-electron chi connectivity index (χ3n) is 3.66. The molecule has 0 saturated heterocycles. The van der Waals surface area contributed by atoms with Crippen LogP contribution >= 0.6 is 0 Å². The van der Waals surface area contributed by atoms with E-state index in [-0.39, 0.29) is 5.97 Å². The molecule has 0 aromatic heterocycles.